The van der Waals surface area contributed by atoms with Gasteiger partial charge >= 0.3 is 6.03 Å². The van der Waals surface area contributed by atoms with Crippen LogP contribution in [0.15, 0.2) is 24.3 Å². The average Bonchev–Trinajstić information content (AvgIpc) is 2.91. The van der Waals surface area contributed by atoms with E-state index in [-0.39, 0.29) is 30.1 Å². The molecule has 2 aliphatic carbocycles. The molecule has 0 unspecified atom stereocenters. The summed E-state index contributed by atoms with van der Waals surface area (Å²) in [4.78, 5) is 32.9. The van der Waals surface area contributed by atoms with E-state index in [1.54, 1.807) is 4.90 Å². The highest BCUT2D eigenvalue weighted by Crippen LogP contribution is 2.29. The lowest BCUT2D eigenvalue weighted by atomic mass is 9.90. The highest BCUT2D eigenvalue weighted by molar-refractivity contribution is 6.30. The second-order valence-electron chi connectivity index (χ2n) is 11.6. The van der Waals surface area contributed by atoms with Gasteiger partial charge in [-0.1, -0.05) is 43.0 Å². The molecule has 1 atom stereocenters. The zero-order valence-electron chi connectivity index (χ0n) is 22.7. The molecule has 0 aromatic heterocycles. The van der Waals surface area contributed by atoms with Crippen molar-refractivity contribution in [2.45, 2.75) is 107 Å². The van der Waals surface area contributed by atoms with Crippen molar-refractivity contribution in [3.05, 3.63) is 34.9 Å². The minimum Gasteiger partial charge on any atom is -0.341 e. The van der Waals surface area contributed by atoms with E-state index in [4.69, 9.17) is 17.3 Å². The Balaban J connectivity index is 1.41. The standard InChI is InChI=1S/C29H46ClN5O2/c1-33(2)29(37)35(25-6-4-3-5-7-25)26-16-18-34(19-17-26)28(36)27(20-21-8-10-22(30)11-9-21)32-24-14-12-23(31)13-15-24/h8-11,23-27,32H,3-7,12-20,31H2,1-2H3/t23?,24?,27-/m0/s1. The zero-order valence-corrected chi connectivity index (χ0v) is 23.5. The fraction of sp³-hybridized carbons (Fsp3) is 0.724. The van der Waals surface area contributed by atoms with Gasteiger partial charge < -0.3 is 25.8 Å². The smallest absolute Gasteiger partial charge is 0.319 e. The first-order valence-electron chi connectivity index (χ1n) is 14.4. The number of likely N-dealkylation sites (tertiary alicyclic amines) is 1. The topological polar surface area (TPSA) is 81.9 Å². The van der Waals surface area contributed by atoms with Crippen molar-refractivity contribution in [1.29, 1.82) is 0 Å². The number of piperidine rings is 1. The van der Waals surface area contributed by atoms with Crippen LogP contribution in [0.1, 0.15) is 76.2 Å². The monoisotopic (exact) mass is 531 g/mol. The fourth-order valence-electron chi connectivity index (χ4n) is 6.43. The van der Waals surface area contributed by atoms with E-state index < -0.39 is 0 Å². The molecule has 1 aliphatic heterocycles. The number of nitrogens with zero attached hydrogens (tertiary/aromatic N) is 3. The first kappa shape index (κ1) is 28.2. The van der Waals surface area contributed by atoms with Gasteiger partial charge in [0, 0.05) is 56.4 Å². The number of urea groups is 1. The van der Waals surface area contributed by atoms with Crippen LogP contribution in [0.2, 0.25) is 5.02 Å². The van der Waals surface area contributed by atoms with Crippen LogP contribution in [0, 0.1) is 0 Å². The number of halogens is 1. The second-order valence-corrected chi connectivity index (χ2v) is 12.0. The van der Waals surface area contributed by atoms with E-state index in [1.165, 1.54) is 19.3 Å². The van der Waals surface area contributed by atoms with Gasteiger partial charge in [-0.25, -0.2) is 4.79 Å². The molecule has 0 spiro atoms. The predicted octanol–water partition coefficient (Wildman–Crippen LogP) is 4.42. The van der Waals surface area contributed by atoms with Gasteiger partial charge in [0.15, 0.2) is 0 Å². The zero-order chi connectivity index (χ0) is 26.4. The summed E-state index contributed by atoms with van der Waals surface area (Å²) in [5.41, 5.74) is 7.24. The van der Waals surface area contributed by atoms with Crippen LogP contribution in [0.3, 0.4) is 0 Å². The van der Waals surface area contributed by atoms with Crippen LogP contribution >= 0.6 is 11.6 Å². The van der Waals surface area contributed by atoms with E-state index >= 15 is 0 Å². The van der Waals surface area contributed by atoms with Gasteiger partial charge in [0.25, 0.3) is 0 Å². The highest BCUT2D eigenvalue weighted by Gasteiger charge is 2.37. The lowest BCUT2D eigenvalue weighted by Crippen LogP contribution is -2.58. The minimum atomic E-state index is -0.269. The Morgan fingerprint density at radius 1 is 0.946 bits per heavy atom. The second kappa shape index (κ2) is 13.3. The summed E-state index contributed by atoms with van der Waals surface area (Å²) in [6.45, 7) is 1.39. The largest absolute Gasteiger partial charge is 0.341 e. The van der Waals surface area contributed by atoms with Crippen LogP contribution in [0.4, 0.5) is 4.79 Å². The van der Waals surface area contributed by atoms with Crippen LogP contribution in [0.25, 0.3) is 0 Å². The van der Waals surface area contributed by atoms with Crippen molar-refractivity contribution < 1.29 is 9.59 Å². The Morgan fingerprint density at radius 3 is 2.14 bits per heavy atom. The molecule has 0 radical (unpaired) electrons. The first-order valence-corrected chi connectivity index (χ1v) is 14.7. The summed E-state index contributed by atoms with van der Waals surface area (Å²) in [6, 6.07) is 8.79. The number of benzene rings is 1. The van der Waals surface area contributed by atoms with Crippen molar-refractivity contribution in [3.63, 3.8) is 0 Å². The van der Waals surface area contributed by atoms with Crippen molar-refractivity contribution >= 4 is 23.5 Å². The van der Waals surface area contributed by atoms with Crippen molar-refractivity contribution in [2.75, 3.05) is 27.2 Å². The Morgan fingerprint density at radius 2 is 1.54 bits per heavy atom. The number of nitrogens with one attached hydrogen (secondary N) is 1. The Bertz CT molecular complexity index is 873. The van der Waals surface area contributed by atoms with E-state index in [0.717, 1.165) is 56.9 Å². The molecule has 3 N–H and O–H groups in total. The molecule has 3 amide bonds. The molecule has 1 saturated heterocycles. The van der Waals surface area contributed by atoms with E-state index in [2.05, 4.69) is 10.2 Å². The molecule has 37 heavy (non-hydrogen) atoms. The molecule has 3 aliphatic rings. The number of carbonyl (C=O) groups is 2. The van der Waals surface area contributed by atoms with Gasteiger partial charge in [0.1, 0.15) is 0 Å². The summed E-state index contributed by atoms with van der Waals surface area (Å²) in [6.07, 6.45) is 12.2. The first-order chi connectivity index (χ1) is 17.8. The third-order valence-electron chi connectivity index (χ3n) is 8.60. The third kappa shape index (κ3) is 7.61. The van der Waals surface area contributed by atoms with Crippen molar-refractivity contribution in [2.24, 2.45) is 5.73 Å². The van der Waals surface area contributed by atoms with E-state index in [1.807, 2.05) is 43.3 Å². The van der Waals surface area contributed by atoms with E-state index in [0.29, 0.717) is 36.6 Å². The maximum absolute atomic E-state index is 13.9. The van der Waals surface area contributed by atoms with Gasteiger partial charge in [0.05, 0.1) is 6.04 Å². The quantitative estimate of drug-likeness (QED) is 0.545. The fourth-order valence-corrected chi connectivity index (χ4v) is 6.56. The van der Waals surface area contributed by atoms with Gasteiger partial charge in [-0.15, -0.1) is 0 Å². The average molecular weight is 532 g/mol. The molecule has 206 valence electrons. The van der Waals surface area contributed by atoms with Crippen LogP contribution in [-0.2, 0) is 11.2 Å². The molecule has 3 fully saturated rings. The number of hydrogen-bond donors (Lipinski definition) is 2. The highest BCUT2D eigenvalue weighted by atomic mass is 35.5. The van der Waals surface area contributed by atoms with Crippen molar-refractivity contribution in [3.8, 4) is 0 Å². The molecule has 7 nitrogen and oxygen atoms in total. The number of carbonyl (C=O) groups excluding carboxylic acids is 2. The normalized spacial score (nSPS) is 24.5. The molecule has 0 bridgehead atoms. The molecular formula is C29H46ClN5O2. The number of nitrogens with two attached hydrogens (primary N) is 1. The van der Waals surface area contributed by atoms with Crippen LogP contribution < -0.4 is 11.1 Å². The molecular weight excluding hydrogens is 486 g/mol. The Labute approximate surface area is 228 Å². The summed E-state index contributed by atoms with van der Waals surface area (Å²) in [5.74, 6) is 0.173. The molecule has 1 aromatic rings. The lowest BCUT2D eigenvalue weighted by molar-refractivity contribution is -0.135. The number of amides is 3. The van der Waals surface area contributed by atoms with Gasteiger partial charge in [-0.05, 0) is 75.5 Å². The molecule has 1 aromatic carbocycles. The van der Waals surface area contributed by atoms with Gasteiger partial charge in [-0.3, -0.25) is 4.79 Å². The maximum Gasteiger partial charge on any atom is 0.319 e. The summed E-state index contributed by atoms with van der Waals surface area (Å²) in [5, 5.41) is 4.41. The summed E-state index contributed by atoms with van der Waals surface area (Å²) >= 11 is 6.11. The Kier molecular flexibility index (Phi) is 10.1. The van der Waals surface area contributed by atoms with Crippen molar-refractivity contribution in [1.82, 2.24) is 20.0 Å². The maximum atomic E-state index is 13.9. The van der Waals surface area contributed by atoms with Crippen LogP contribution in [0.5, 0.6) is 0 Å². The van der Waals surface area contributed by atoms with Gasteiger partial charge in [0.2, 0.25) is 5.91 Å². The molecule has 4 rings (SSSR count). The summed E-state index contributed by atoms with van der Waals surface area (Å²) in [7, 11) is 3.70. The molecule has 8 heteroatoms. The predicted molar refractivity (Wildman–Crippen MR) is 150 cm³/mol. The minimum absolute atomic E-state index is 0.120. The summed E-state index contributed by atoms with van der Waals surface area (Å²) < 4.78 is 0. The third-order valence-corrected chi connectivity index (χ3v) is 8.85. The van der Waals surface area contributed by atoms with E-state index in [9.17, 15) is 9.59 Å². The van der Waals surface area contributed by atoms with Gasteiger partial charge in [-0.2, -0.15) is 0 Å². The molecule has 2 saturated carbocycles. The SMILES string of the molecule is CN(C)C(=O)N(C1CCCCC1)C1CCN(C(=O)[C@H](Cc2ccc(Cl)cc2)NC2CCC(N)CC2)CC1. The number of hydrogen-bond acceptors (Lipinski definition) is 4. The lowest BCUT2D eigenvalue weighted by Gasteiger charge is -2.45. The Hall–Kier alpha value is -1.83. The molecule has 1 heterocycles. The van der Waals surface area contributed by atoms with Crippen LogP contribution in [-0.4, -0.2) is 84.0 Å². The number of rotatable bonds is 7.